The van der Waals surface area contributed by atoms with Crippen molar-refractivity contribution in [3.8, 4) is 11.5 Å². The van der Waals surface area contributed by atoms with Gasteiger partial charge in [-0.2, -0.15) is 0 Å². The van der Waals surface area contributed by atoms with Crippen LogP contribution in [0.25, 0.3) is 0 Å². The minimum Gasteiger partial charge on any atom is -0.497 e. The molecule has 10 heteroatoms. The highest BCUT2D eigenvalue weighted by Gasteiger charge is 2.35. The first-order valence-electron chi connectivity index (χ1n) is 9.36. The summed E-state index contributed by atoms with van der Waals surface area (Å²) in [5.74, 6) is -5.28. The number of rotatable bonds is 11. The molecule has 0 fully saturated rings. The van der Waals surface area contributed by atoms with Crippen LogP contribution in [-0.2, 0) is 19.1 Å². The molecule has 170 valence electrons. The monoisotopic (exact) mass is 446 g/mol. The minimum atomic E-state index is -1.64. The Morgan fingerprint density at radius 1 is 0.781 bits per heavy atom. The first kappa shape index (κ1) is 24.2. The SMILES string of the molecule is COc1ccc(C(=O)OCC(OC(=O)c2ccc(OC)cc2)[C@@H](CC(=O)O)C(=O)O)cc1. The fraction of sp³-hybridized carbons (Fsp3) is 0.273. The number of carboxylic acids is 2. The molecular weight excluding hydrogens is 424 g/mol. The normalized spacial score (nSPS) is 12.2. The van der Waals surface area contributed by atoms with Gasteiger partial charge in [0.2, 0.25) is 0 Å². The fourth-order valence-corrected chi connectivity index (χ4v) is 2.70. The average Bonchev–Trinajstić information content (AvgIpc) is 2.79. The molecule has 32 heavy (non-hydrogen) atoms. The Bertz CT molecular complexity index is 950. The van der Waals surface area contributed by atoms with E-state index in [2.05, 4.69) is 0 Å². The van der Waals surface area contributed by atoms with Crippen molar-refractivity contribution in [1.29, 1.82) is 0 Å². The van der Waals surface area contributed by atoms with E-state index in [-0.39, 0.29) is 11.1 Å². The summed E-state index contributed by atoms with van der Waals surface area (Å²) in [6, 6.07) is 11.7. The van der Waals surface area contributed by atoms with E-state index in [0.717, 1.165) is 0 Å². The van der Waals surface area contributed by atoms with Gasteiger partial charge in [0.25, 0.3) is 0 Å². The quantitative estimate of drug-likeness (QED) is 0.493. The maximum absolute atomic E-state index is 12.5. The van der Waals surface area contributed by atoms with Crippen LogP contribution in [0.2, 0.25) is 0 Å². The maximum atomic E-state index is 12.5. The van der Waals surface area contributed by atoms with Gasteiger partial charge in [-0.25, -0.2) is 9.59 Å². The van der Waals surface area contributed by atoms with E-state index >= 15 is 0 Å². The van der Waals surface area contributed by atoms with Crippen molar-refractivity contribution < 1.29 is 48.3 Å². The van der Waals surface area contributed by atoms with Crippen molar-refractivity contribution in [2.75, 3.05) is 20.8 Å². The molecule has 0 radical (unpaired) electrons. The van der Waals surface area contributed by atoms with E-state index < -0.39 is 48.9 Å². The first-order valence-corrected chi connectivity index (χ1v) is 9.36. The number of methoxy groups -OCH3 is 2. The van der Waals surface area contributed by atoms with Crippen molar-refractivity contribution in [1.82, 2.24) is 0 Å². The zero-order valence-electron chi connectivity index (χ0n) is 17.3. The topological polar surface area (TPSA) is 146 Å². The maximum Gasteiger partial charge on any atom is 0.338 e. The highest BCUT2D eigenvalue weighted by Crippen LogP contribution is 2.19. The number of carbonyl (C=O) groups is 4. The molecule has 0 aliphatic rings. The largest absolute Gasteiger partial charge is 0.497 e. The molecule has 2 aromatic rings. The number of aliphatic carboxylic acids is 2. The van der Waals surface area contributed by atoms with Crippen molar-refractivity contribution in [2.45, 2.75) is 12.5 Å². The van der Waals surface area contributed by atoms with Crippen molar-refractivity contribution >= 4 is 23.9 Å². The van der Waals surface area contributed by atoms with Gasteiger partial charge < -0.3 is 29.2 Å². The Labute approximate surface area is 183 Å². The number of carbonyl (C=O) groups excluding carboxylic acids is 2. The van der Waals surface area contributed by atoms with Gasteiger partial charge in [-0.05, 0) is 48.5 Å². The van der Waals surface area contributed by atoms with Crippen molar-refractivity contribution in [2.24, 2.45) is 5.92 Å². The predicted molar refractivity (Wildman–Crippen MR) is 109 cm³/mol. The van der Waals surface area contributed by atoms with Crippen molar-refractivity contribution in [3.05, 3.63) is 59.7 Å². The van der Waals surface area contributed by atoms with Gasteiger partial charge in [0.05, 0.1) is 31.8 Å². The Morgan fingerprint density at radius 3 is 1.66 bits per heavy atom. The summed E-state index contributed by atoms with van der Waals surface area (Å²) in [6.45, 7) is -0.656. The molecular formula is C22H22O10. The van der Waals surface area contributed by atoms with E-state index in [0.29, 0.717) is 11.5 Å². The lowest BCUT2D eigenvalue weighted by Crippen LogP contribution is -2.38. The highest BCUT2D eigenvalue weighted by atomic mass is 16.6. The summed E-state index contributed by atoms with van der Waals surface area (Å²) < 4.78 is 20.4. The van der Waals surface area contributed by atoms with Gasteiger partial charge in [-0.15, -0.1) is 0 Å². The van der Waals surface area contributed by atoms with Crippen LogP contribution in [0, 0.1) is 5.92 Å². The van der Waals surface area contributed by atoms with Crippen molar-refractivity contribution in [3.63, 3.8) is 0 Å². The second-order valence-electron chi connectivity index (χ2n) is 6.54. The van der Waals surface area contributed by atoms with Crippen LogP contribution in [0.5, 0.6) is 11.5 Å². The van der Waals surface area contributed by atoms with Crippen LogP contribution >= 0.6 is 0 Å². The summed E-state index contributed by atoms with van der Waals surface area (Å²) in [6.07, 6.45) is -2.38. The molecule has 2 atom stereocenters. The lowest BCUT2D eigenvalue weighted by atomic mass is 9.99. The Balaban J connectivity index is 2.18. The third kappa shape index (κ3) is 6.73. The van der Waals surface area contributed by atoms with E-state index in [1.807, 2.05) is 0 Å². The van der Waals surface area contributed by atoms with Gasteiger partial charge >= 0.3 is 23.9 Å². The molecule has 1 unspecified atom stereocenters. The molecule has 0 aromatic heterocycles. The first-order chi connectivity index (χ1) is 15.2. The van der Waals surface area contributed by atoms with Crippen LogP contribution in [-0.4, -0.2) is 61.0 Å². The van der Waals surface area contributed by atoms with Gasteiger partial charge in [-0.1, -0.05) is 0 Å². The number of esters is 2. The van der Waals surface area contributed by atoms with Gasteiger partial charge in [0.1, 0.15) is 30.1 Å². The number of hydrogen-bond donors (Lipinski definition) is 2. The summed E-state index contributed by atoms with van der Waals surface area (Å²) in [5.41, 5.74) is 0.230. The fourth-order valence-electron chi connectivity index (χ4n) is 2.70. The summed E-state index contributed by atoms with van der Waals surface area (Å²) >= 11 is 0. The molecule has 2 aromatic carbocycles. The van der Waals surface area contributed by atoms with Crippen LogP contribution in [0.1, 0.15) is 27.1 Å². The second kappa shape index (κ2) is 11.3. The number of hydrogen-bond acceptors (Lipinski definition) is 8. The standard InChI is InChI=1S/C22H22O10/c1-29-15-7-3-13(4-8-15)21(27)31-12-18(17(20(25)26)11-19(23)24)32-22(28)14-5-9-16(30-2)10-6-14/h3-10,17-18H,11-12H2,1-2H3,(H,23,24)(H,25,26)/t17-,18?/m1/s1. The molecule has 0 spiro atoms. The smallest absolute Gasteiger partial charge is 0.338 e. The molecule has 0 heterocycles. The van der Waals surface area contributed by atoms with E-state index in [9.17, 15) is 24.3 Å². The zero-order chi connectivity index (χ0) is 23.7. The van der Waals surface area contributed by atoms with Gasteiger partial charge in [0.15, 0.2) is 0 Å². The predicted octanol–water partition coefficient (Wildman–Crippen LogP) is 2.26. The van der Waals surface area contributed by atoms with E-state index in [1.54, 1.807) is 0 Å². The van der Waals surface area contributed by atoms with Crippen LogP contribution < -0.4 is 9.47 Å². The lowest BCUT2D eigenvalue weighted by Gasteiger charge is -2.23. The number of benzene rings is 2. The molecule has 0 aliphatic heterocycles. The summed E-state index contributed by atoms with van der Waals surface area (Å²) in [7, 11) is 2.91. The Kier molecular flexibility index (Phi) is 8.58. The molecule has 2 rings (SSSR count). The average molecular weight is 446 g/mol. The second-order valence-corrected chi connectivity index (χ2v) is 6.54. The van der Waals surface area contributed by atoms with Crippen LogP contribution in [0.15, 0.2) is 48.5 Å². The summed E-state index contributed by atoms with van der Waals surface area (Å²) in [5, 5.41) is 18.5. The molecule has 2 N–H and O–H groups in total. The van der Waals surface area contributed by atoms with E-state index in [4.69, 9.17) is 24.1 Å². The Hall–Kier alpha value is -4.08. The van der Waals surface area contributed by atoms with Gasteiger partial charge in [0, 0.05) is 0 Å². The summed E-state index contributed by atoms with van der Waals surface area (Å²) in [4.78, 5) is 47.6. The molecule has 0 aliphatic carbocycles. The lowest BCUT2D eigenvalue weighted by molar-refractivity contribution is -0.153. The minimum absolute atomic E-state index is 0.0803. The van der Waals surface area contributed by atoms with Crippen LogP contribution in [0.3, 0.4) is 0 Å². The molecule has 0 bridgehead atoms. The van der Waals surface area contributed by atoms with E-state index in [1.165, 1.54) is 62.8 Å². The number of carboxylic acid groups (broad SMARTS) is 2. The number of ether oxygens (including phenoxy) is 4. The molecule has 0 saturated heterocycles. The molecule has 10 nitrogen and oxygen atoms in total. The van der Waals surface area contributed by atoms with Gasteiger partial charge in [-0.3, -0.25) is 9.59 Å². The third-order valence-electron chi connectivity index (χ3n) is 4.45. The Morgan fingerprint density at radius 2 is 1.25 bits per heavy atom. The highest BCUT2D eigenvalue weighted by molar-refractivity contribution is 5.91. The third-order valence-corrected chi connectivity index (χ3v) is 4.45. The zero-order valence-corrected chi connectivity index (χ0v) is 17.3. The molecule has 0 amide bonds. The molecule has 0 saturated carbocycles. The van der Waals surface area contributed by atoms with Crippen LogP contribution in [0.4, 0.5) is 0 Å².